The first-order valence-electron chi connectivity index (χ1n) is 15.7. The molecule has 1 aliphatic heterocycles. The number of piperazine rings is 1. The lowest BCUT2D eigenvalue weighted by Crippen LogP contribution is -2.43. The average Bonchev–Trinajstić information content (AvgIpc) is 3.56. The summed E-state index contributed by atoms with van der Waals surface area (Å²) in [6, 6.07) is 9.15. The van der Waals surface area contributed by atoms with Crippen molar-refractivity contribution in [2.24, 2.45) is 5.92 Å². The molecule has 6 rings (SSSR count). The van der Waals surface area contributed by atoms with Gasteiger partial charge in [0, 0.05) is 55.8 Å². The summed E-state index contributed by atoms with van der Waals surface area (Å²) in [5.74, 6) is 1.75. The number of fused-ring (bicyclic) bond motifs is 1. The highest BCUT2D eigenvalue weighted by atomic mass is 16.4. The first-order valence-corrected chi connectivity index (χ1v) is 15.7. The number of hydrogen-bond acceptors (Lipinski definition) is 9. The Bertz CT molecular complexity index is 1700. The van der Waals surface area contributed by atoms with Crippen molar-refractivity contribution >= 4 is 40.3 Å². The molecule has 3 aromatic heterocycles. The first kappa shape index (κ1) is 31.1. The number of allylic oxidation sites excluding steroid dienone is 1. The Morgan fingerprint density at radius 3 is 2.57 bits per heavy atom. The zero-order valence-corrected chi connectivity index (χ0v) is 26.2. The van der Waals surface area contributed by atoms with Gasteiger partial charge in [0.05, 0.1) is 23.0 Å². The molecule has 1 aliphatic carbocycles. The molecule has 44 heavy (non-hydrogen) atoms. The largest absolute Gasteiger partial charge is 0.440 e. The Morgan fingerprint density at radius 2 is 1.84 bits per heavy atom. The number of anilines is 3. The molecule has 2 fully saturated rings. The number of Topliss-reactive ketones (excluding diaryl/α,β-unsaturated/α-hetero) is 1. The summed E-state index contributed by atoms with van der Waals surface area (Å²) >= 11 is 0. The van der Waals surface area contributed by atoms with Gasteiger partial charge in [-0.2, -0.15) is 0 Å². The van der Waals surface area contributed by atoms with Gasteiger partial charge in [0.1, 0.15) is 5.58 Å². The maximum atomic E-state index is 12.8. The second-order valence-electron chi connectivity index (χ2n) is 11.3. The van der Waals surface area contributed by atoms with Crippen molar-refractivity contribution in [3.63, 3.8) is 0 Å². The zero-order valence-electron chi connectivity index (χ0n) is 26.2. The van der Waals surface area contributed by atoms with E-state index in [1.807, 2.05) is 45.0 Å². The van der Waals surface area contributed by atoms with Crippen LogP contribution < -0.4 is 21.0 Å². The van der Waals surface area contributed by atoms with Gasteiger partial charge in [-0.3, -0.25) is 14.6 Å². The molecule has 0 spiro atoms. The fourth-order valence-corrected chi connectivity index (χ4v) is 5.85. The number of hydrogen-bond donors (Lipinski definition) is 2. The first-order chi connectivity index (χ1) is 21.4. The SMILES string of the molecule is CC.CC(=O)/C(=C/c1cnc(Nc2cncc(-c3ccc4c(=O)cc(N5CCNCC5)oc4c3)c2)nc1C)CC1CCCC1. The van der Waals surface area contributed by atoms with Crippen molar-refractivity contribution in [2.45, 2.75) is 59.8 Å². The third-order valence-corrected chi connectivity index (χ3v) is 8.26. The average molecular weight is 595 g/mol. The molecule has 2 N–H and O–H groups in total. The van der Waals surface area contributed by atoms with E-state index >= 15 is 0 Å². The highest BCUT2D eigenvalue weighted by molar-refractivity contribution is 5.97. The molecular weight excluding hydrogens is 552 g/mol. The van der Waals surface area contributed by atoms with Gasteiger partial charge in [-0.1, -0.05) is 45.6 Å². The van der Waals surface area contributed by atoms with Crippen molar-refractivity contribution in [2.75, 3.05) is 36.4 Å². The van der Waals surface area contributed by atoms with Crippen LogP contribution in [0.5, 0.6) is 0 Å². The summed E-state index contributed by atoms with van der Waals surface area (Å²) in [5, 5.41) is 7.13. The number of nitrogens with zero attached hydrogens (tertiary/aromatic N) is 4. The maximum absolute atomic E-state index is 12.8. The predicted octanol–water partition coefficient (Wildman–Crippen LogP) is 6.69. The van der Waals surface area contributed by atoms with Crippen LogP contribution in [-0.2, 0) is 4.79 Å². The summed E-state index contributed by atoms with van der Waals surface area (Å²) in [6.07, 6.45) is 12.9. The molecule has 4 heterocycles. The minimum absolute atomic E-state index is 0.0513. The van der Waals surface area contributed by atoms with Gasteiger partial charge in [0.25, 0.3) is 0 Å². The Morgan fingerprint density at radius 1 is 1.07 bits per heavy atom. The molecule has 2 aliphatic rings. The maximum Gasteiger partial charge on any atom is 0.227 e. The van der Waals surface area contributed by atoms with Crippen molar-refractivity contribution in [1.29, 1.82) is 0 Å². The van der Waals surface area contributed by atoms with Crippen LogP contribution in [0, 0.1) is 12.8 Å². The molecule has 9 nitrogen and oxygen atoms in total. The topological polar surface area (TPSA) is 113 Å². The summed E-state index contributed by atoms with van der Waals surface area (Å²) in [7, 11) is 0. The second kappa shape index (κ2) is 14.4. The number of nitrogens with one attached hydrogen (secondary N) is 2. The summed E-state index contributed by atoms with van der Waals surface area (Å²) in [6.45, 7) is 10.9. The van der Waals surface area contributed by atoms with E-state index in [1.54, 1.807) is 37.6 Å². The van der Waals surface area contributed by atoms with Crippen molar-refractivity contribution in [3.05, 3.63) is 76.0 Å². The predicted molar refractivity (Wildman–Crippen MR) is 177 cm³/mol. The molecule has 1 saturated carbocycles. The van der Waals surface area contributed by atoms with Gasteiger partial charge in [-0.05, 0) is 61.6 Å². The number of ketones is 1. The smallest absolute Gasteiger partial charge is 0.227 e. The molecule has 1 aromatic carbocycles. The number of pyridine rings is 1. The molecular formula is C35H42N6O3. The van der Waals surface area contributed by atoms with Crippen LogP contribution >= 0.6 is 0 Å². The van der Waals surface area contributed by atoms with E-state index < -0.39 is 0 Å². The van der Waals surface area contributed by atoms with Crippen LogP contribution in [0.25, 0.3) is 28.2 Å². The lowest BCUT2D eigenvalue weighted by molar-refractivity contribution is -0.113. The Balaban J connectivity index is 0.00000188. The number of benzene rings is 1. The van der Waals surface area contributed by atoms with E-state index in [0.29, 0.717) is 28.7 Å². The van der Waals surface area contributed by atoms with Crippen molar-refractivity contribution < 1.29 is 9.21 Å². The van der Waals surface area contributed by atoms with E-state index in [9.17, 15) is 9.59 Å². The normalized spacial score (nSPS) is 15.6. The Hall–Kier alpha value is -4.37. The van der Waals surface area contributed by atoms with Crippen LogP contribution in [0.15, 0.2) is 63.7 Å². The highest BCUT2D eigenvalue weighted by Gasteiger charge is 2.19. The van der Waals surface area contributed by atoms with E-state index in [2.05, 4.69) is 30.5 Å². The molecule has 0 unspecified atom stereocenters. The van der Waals surface area contributed by atoms with Gasteiger partial charge in [0.2, 0.25) is 5.95 Å². The van der Waals surface area contributed by atoms with E-state index in [4.69, 9.17) is 4.42 Å². The van der Waals surface area contributed by atoms with Crippen LogP contribution in [-0.4, -0.2) is 46.9 Å². The minimum Gasteiger partial charge on any atom is -0.440 e. The van der Waals surface area contributed by atoms with Crippen LogP contribution in [0.4, 0.5) is 17.5 Å². The number of aryl methyl sites for hydroxylation is 1. The van der Waals surface area contributed by atoms with Crippen LogP contribution in [0.2, 0.25) is 0 Å². The van der Waals surface area contributed by atoms with Crippen molar-refractivity contribution in [1.82, 2.24) is 20.3 Å². The van der Waals surface area contributed by atoms with Gasteiger partial charge in [-0.25, -0.2) is 9.97 Å². The molecule has 0 amide bonds. The zero-order chi connectivity index (χ0) is 31.1. The lowest BCUT2D eigenvalue weighted by Gasteiger charge is -2.27. The standard InChI is InChI=1S/C33H36N6O3.C2H6/c1-21-26(14-25(22(2)40)13-23-5-3-4-6-23)19-36-33(37-21)38-28-15-27(18-35-20-28)24-7-8-29-30(41)17-32(42-31(29)16-24)39-11-9-34-10-12-39;1-2/h7-8,14-20,23,34H,3-6,9-13H2,1-2H3,(H,36,37,38);1-2H3/b25-14+;. The van der Waals surface area contributed by atoms with Crippen LogP contribution in [0.3, 0.4) is 0 Å². The number of rotatable bonds is 8. The van der Waals surface area contributed by atoms with Gasteiger partial charge in [0.15, 0.2) is 17.1 Å². The number of aromatic nitrogens is 3. The Kier molecular flexibility index (Phi) is 10.2. The van der Waals surface area contributed by atoms with Gasteiger partial charge < -0.3 is 20.0 Å². The van der Waals surface area contributed by atoms with Crippen LogP contribution in [0.1, 0.15) is 64.1 Å². The summed E-state index contributed by atoms with van der Waals surface area (Å²) < 4.78 is 6.19. The number of carbonyl (C=O) groups excluding carboxylic acids is 1. The molecule has 1 saturated heterocycles. The molecule has 0 radical (unpaired) electrons. The monoisotopic (exact) mass is 594 g/mol. The van der Waals surface area contributed by atoms with E-state index in [-0.39, 0.29) is 11.2 Å². The number of carbonyl (C=O) groups is 1. The fourth-order valence-electron chi connectivity index (χ4n) is 5.85. The van der Waals surface area contributed by atoms with Gasteiger partial charge in [-0.15, -0.1) is 0 Å². The molecule has 0 bridgehead atoms. The van der Waals surface area contributed by atoms with Crippen molar-refractivity contribution in [3.8, 4) is 11.1 Å². The summed E-state index contributed by atoms with van der Waals surface area (Å²) in [5.41, 5.74) is 5.48. The molecule has 4 aromatic rings. The highest BCUT2D eigenvalue weighted by Crippen LogP contribution is 2.32. The second-order valence-corrected chi connectivity index (χ2v) is 11.3. The molecule has 0 atom stereocenters. The van der Waals surface area contributed by atoms with E-state index in [0.717, 1.165) is 66.2 Å². The third-order valence-electron chi connectivity index (χ3n) is 8.26. The fraction of sp³-hybridized carbons (Fsp3) is 0.400. The molecule has 230 valence electrons. The lowest BCUT2D eigenvalue weighted by atomic mass is 9.94. The minimum atomic E-state index is -0.0513. The van der Waals surface area contributed by atoms with E-state index in [1.165, 1.54) is 25.7 Å². The Labute approximate surface area is 258 Å². The quantitative estimate of drug-likeness (QED) is 0.216. The third kappa shape index (κ3) is 7.39. The molecule has 9 heteroatoms. The summed E-state index contributed by atoms with van der Waals surface area (Å²) in [4.78, 5) is 40.8. The van der Waals surface area contributed by atoms with Gasteiger partial charge >= 0.3 is 0 Å².